The van der Waals surface area contributed by atoms with Gasteiger partial charge in [0.15, 0.2) is 0 Å². The van der Waals surface area contributed by atoms with Crippen LogP contribution in [0.4, 0.5) is 0 Å². The van der Waals surface area contributed by atoms with Crippen LogP contribution in [0.15, 0.2) is 0 Å². The molecule has 0 aromatic rings. The molecule has 1 heterocycles. The molecule has 4 nitrogen and oxygen atoms in total. The fourth-order valence-corrected chi connectivity index (χ4v) is 1.59. The summed E-state index contributed by atoms with van der Waals surface area (Å²) >= 11 is 0. The molecule has 0 aliphatic carbocycles. The molecule has 0 aromatic heterocycles. The van der Waals surface area contributed by atoms with E-state index in [9.17, 15) is 4.79 Å². The molecular formula is C9H17NO3. The zero-order chi connectivity index (χ0) is 9.68. The highest BCUT2D eigenvalue weighted by molar-refractivity contribution is 5.66. The number of hydrogen-bond acceptors (Lipinski definition) is 3. The van der Waals surface area contributed by atoms with Crippen LogP contribution in [0.3, 0.4) is 0 Å². The lowest BCUT2D eigenvalue weighted by Gasteiger charge is -2.28. The molecule has 1 N–H and O–H groups in total. The van der Waals surface area contributed by atoms with E-state index in [2.05, 4.69) is 4.90 Å². The van der Waals surface area contributed by atoms with Gasteiger partial charge < -0.3 is 9.84 Å². The molecular weight excluding hydrogens is 170 g/mol. The maximum Gasteiger partial charge on any atom is 0.303 e. The van der Waals surface area contributed by atoms with Crippen LogP contribution in [-0.4, -0.2) is 48.8 Å². The number of morpholine rings is 1. The summed E-state index contributed by atoms with van der Waals surface area (Å²) in [5, 5.41) is 8.57. The van der Waals surface area contributed by atoms with Crippen molar-refractivity contribution in [3.8, 4) is 0 Å². The van der Waals surface area contributed by atoms with Crippen molar-refractivity contribution in [1.82, 2.24) is 4.90 Å². The number of carboxylic acids is 1. The number of nitrogens with zero attached hydrogens (tertiary/aromatic N) is 1. The number of hydrogen-bond donors (Lipinski definition) is 1. The Morgan fingerprint density at radius 3 is 2.69 bits per heavy atom. The van der Waals surface area contributed by atoms with Crippen LogP contribution in [0.25, 0.3) is 0 Å². The van der Waals surface area contributed by atoms with Gasteiger partial charge in [-0.3, -0.25) is 9.69 Å². The lowest BCUT2D eigenvalue weighted by molar-refractivity contribution is -0.138. The smallest absolute Gasteiger partial charge is 0.303 e. The maximum atomic E-state index is 10.4. The quantitative estimate of drug-likeness (QED) is 0.693. The van der Waals surface area contributed by atoms with Gasteiger partial charge in [-0.15, -0.1) is 0 Å². The average molecular weight is 187 g/mol. The first-order valence-electron chi connectivity index (χ1n) is 4.70. The molecule has 1 aliphatic heterocycles. The molecule has 0 saturated carbocycles. The molecule has 1 atom stereocenters. The Hall–Kier alpha value is -0.610. The van der Waals surface area contributed by atoms with Gasteiger partial charge in [-0.25, -0.2) is 0 Å². The van der Waals surface area contributed by atoms with Gasteiger partial charge in [-0.1, -0.05) is 6.92 Å². The van der Waals surface area contributed by atoms with Crippen molar-refractivity contribution in [2.75, 3.05) is 32.8 Å². The fraction of sp³-hybridized carbons (Fsp3) is 0.889. The van der Waals surface area contributed by atoms with Crippen LogP contribution < -0.4 is 0 Å². The van der Waals surface area contributed by atoms with Crippen LogP contribution in [0.1, 0.15) is 13.3 Å². The van der Waals surface area contributed by atoms with Gasteiger partial charge in [-0.05, 0) is 5.92 Å². The maximum absolute atomic E-state index is 10.4. The van der Waals surface area contributed by atoms with Crippen molar-refractivity contribution in [2.24, 2.45) is 5.92 Å². The summed E-state index contributed by atoms with van der Waals surface area (Å²) in [5.41, 5.74) is 0. The van der Waals surface area contributed by atoms with E-state index in [0.29, 0.717) is 0 Å². The highest BCUT2D eigenvalue weighted by atomic mass is 16.5. The summed E-state index contributed by atoms with van der Waals surface area (Å²) in [6.07, 6.45) is 0.261. The van der Waals surface area contributed by atoms with E-state index in [0.717, 1.165) is 32.8 Å². The Labute approximate surface area is 78.5 Å². The minimum Gasteiger partial charge on any atom is -0.481 e. The Kier molecular flexibility index (Phi) is 4.18. The van der Waals surface area contributed by atoms with Gasteiger partial charge in [0.25, 0.3) is 0 Å². The number of ether oxygens (including phenoxy) is 1. The van der Waals surface area contributed by atoms with E-state index in [1.807, 2.05) is 6.92 Å². The third kappa shape index (κ3) is 4.24. The van der Waals surface area contributed by atoms with Gasteiger partial charge in [0.2, 0.25) is 0 Å². The number of rotatable bonds is 4. The summed E-state index contributed by atoms with van der Waals surface area (Å²) in [7, 11) is 0. The molecule has 76 valence electrons. The third-order valence-corrected chi connectivity index (χ3v) is 2.20. The van der Waals surface area contributed by atoms with Gasteiger partial charge in [-0.2, -0.15) is 0 Å². The second-order valence-electron chi connectivity index (χ2n) is 3.62. The van der Waals surface area contributed by atoms with Crippen molar-refractivity contribution in [1.29, 1.82) is 0 Å². The first-order chi connectivity index (χ1) is 6.18. The molecule has 0 amide bonds. The summed E-state index contributed by atoms with van der Waals surface area (Å²) < 4.78 is 5.20. The lowest BCUT2D eigenvalue weighted by atomic mass is 10.1. The lowest BCUT2D eigenvalue weighted by Crippen LogP contribution is -2.39. The molecule has 0 spiro atoms. The van der Waals surface area contributed by atoms with Crippen LogP contribution in [0, 0.1) is 5.92 Å². The topological polar surface area (TPSA) is 49.8 Å². The van der Waals surface area contributed by atoms with Gasteiger partial charge in [0.05, 0.1) is 13.2 Å². The summed E-state index contributed by atoms with van der Waals surface area (Å²) in [6, 6.07) is 0. The Morgan fingerprint density at radius 1 is 1.54 bits per heavy atom. The Balaban J connectivity index is 2.18. The molecule has 0 radical (unpaired) electrons. The van der Waals surface area contributed by atoms with Gasteiger partial charge in [0, 0.05) is 26.1 Å². The van der Waals surface area contributed by atoms with Crippen molar-refractivity contribution in [3.05, 3.63) is 0 Å². The predicted octanol–water partition coefficient (Wildman–Crippen LogP) is 0.429. The van der Waals surface area contributed by atoms with Crippen molar-refractivity contribution in [2.45, 2.75) is 13.3 Å². The van der Waals surface area contributed by atoms with Crippen LogP contribution in [0.2, 0.25) is 0 Å². The van der Waals surface area contributed by atoms with E-state index in [4.69, 9.17) is 9.84 Å². The predicted molar refractivity (Wildman–Crippen MR) is 48.7 cm³/mol. The molecule has 0 bridgehead atoms. The Morgan fingerprint density at radius 2 is 2.15 bits per heavy atom. The molecule has 13 heavy (non-hydrogen) atoms. The first-order valence-corrected chi connectivity index (χ1v) is 4.70. The standard InChI is InChI=1S/C9H17NO3/c1-8(6-9(11)12)7-10-2-4-13-5-3-10/h8H,2-7H2,1H3,(H,11,12)/t8-/m0/s1. The molecule has 4 heteroatoms. The van der Waals surface area contributed by atoms with Crippen molar-refractivity contribution in [3.63, 3.8) is 0 Å². The van der Waals surface area contributed by atoms with Crippen LogP contribution in [-0.2, 0) is 9.53 Å². The largest absolute Gasteiger partial charge is 0.481 e. The van der Waals surface area contributed by atoms with E-state index >= 15 is 0 Å². The zero-order valence-corrected chi connectivity index (χ0v) is 8.03. The van der Waals surface area contributed by atoms with Gasteiger partial charge >= 0.3 is 5.97 Å². The number of carbonyl (C=O) groups is 1. The molecule has 1 rings (SSSR count). The van der Waals surface area contributed by atoms with Crippen molar-refractivity contribution < 1.29 is 14.6 Å². The molecule has 0 unspecified atom stereocenters. The number of aliphatic carboxylic acids is 1. The summed E-state index contributed by atoms with van der Waals surface area (Å²) in [6.45, 7) is 6.27. The second kappa shape index (κ2) is 5.19. The van der Waals surface area contributed by atoms with E-state index in [-0.39, 0.29) is 12.3 Å². The normalized spacial score (nSPS) is 21.3. The second-order valence-corrected chi connectivity index (χ2v) is 3.62. The monoisotopic (exact) mass is 187 g/mol. The van der Waals surface area contributed by atoms with Crippen molar-refractivity contribution >= 4 is 5.97 Å². The minimum atomic E-state index is -0.708. The van der Waals surface area contributed by atoms with Crippen LogP contribution >= 0.6 is 0 Å². The molecule has 1 aliphatic rings. The average Bonchev–Trinajstić information content (AvgIpc) is 2.04. The summed E-state index contributed by atoms with van der Waals surface area (Å²) in [5.74, 6) is -0.476. The molecule has 0 aromatic carbocycles. The van der Waals surface area contributed by atoms with Crippen LogP contribution in [0.5, 0.6) is 0 Å². The first kappa shape index (κ1) is 10.5. The van der Waals surface area contributed by atoms with E-state index in [1.54, 1.807) is 0 Å². The highest BCUT2D eigenvalue weighted by Gasteiger charge is 2.15. The van der Waals surface area contributed by atoms with E-state index in [1.165, 1.54) is 0 Å². The highest BCUT2D eigenvalue weighted by Crippen LogP contribution is 2.06. The third-order valence-electron chi connectivity index (χ3n) is 2.20. The summed E-state index contributed by atoms with van der Waals surface area (Å²) in [4.78, 5) is 12.7. The van der Waals surface area contributed by atoms with Gasteiger partial charge in [0.1, 0.15) is 0 Å². The zero-order valence-electron chi connectivity index (χ0n) is 8.03. The minimum absolute atomic E-state index is 0.232. The SMILES string of the molecule is C[C@@H](CC(=O)O)CN1CCOCC1. The molecule has 1 fully saturated rings. The molecule has 1 saturated heterocycles. The van der Waals surface area contributed by atoms with E-state index < -0.39 is 5.97 Å². The fourth-order valence-electron chi connectivity index (χ4n) is 1.59. The number of carboxylic acid groups (broad SMARTS) is 1. The Bertz CT molecular complexity index is 166.